The van der Waals surface area contributed by atoms with Gasteiger partial charge in [0.15, 0.2) is 0 Å². The predicted octanol–water partition coefficient (Wildman–Crippen LogP) is 8.53. The van der Waals surface area contributed by atoms with E-state index in [0.717, 1.165) is 48.3 Å². The lowest BCUT2D eigenvalue weighted by molar-refractivity contribution is -0.128. The average Bonchev–Trinajstić information content (AvgIpc) is 3.31. The number of carbonyl (C=O) groups excluding carboxylic acids is 4. The fourth-order valence-electron chi connectivity index (χ4n) is 8.33. The van der Waals surface area contributed by atoms with Crippen molar-refractivity contribution in [3.8, 4) is 11.5 Å². The van der Waals surface area contributed by atoms with E-state index in [1.807, 2.05) is 72.2 Å². The summed E-state index contributed by atoms with van der Waals surface area (Å²) in [5.74, 6) is 1.85. The molecular weight excluding hydrogens is 785 g/mol. The zero-order valence-corrected chi connectivity index (χ0v) is 36.9. The van der Waals surface area contributed by atoms with Gasteiger partial charge in [0.2, 0.25) is 5.91 Å². The van der Waals surface area contributed by atoms with E-state index in [2.05, 4.69) is 34.9 Å². The van der Waals surface area contributed by atoms with Crippen molar-refractivity contribution in [1.82, 2.24) is 9.80 Å². The largest absolute Gasteiger partial charge is 0.497 e. The normalized spacial score (nSPS) is 15.2. The summed E-state index contributed by atoms with van der Waals surface area (Å²) < 4.78 is 21.7. The number of rotatable bonds is 18. The Labute approximate surface area is 366 Å². The van der Waals surface area contributed by atoms with Crippen LogP contribution in [-0.4, -0.2) is 100 Å². The van der Waals surface area contributed by atoms with Crippen LogP contribution < -0.4 is 20.1 Å². The number of likely N-dealkylation sites (tertiary alicyclic amines) is 2. The van der Waals surface area contributed by atoms with E-state index >= 15 is 0 Å². The van der Waals surface area contributed by atoms with Gasteiger partial charge in [-0.05, 0) is 141 Å². The summed E-state index contributed by atoms with van der Waals surface area (Å²) in [6.45, 7) is 6.98. The van der Waals surface area contributed by atoms with Crippen LogP contribution in [0, 0.1) is 13.8 Å². The quantitative estimate of drug-likeness (QED) is 0.0952. The van der Waals surface area contributed by atoms with Crippen LogP contribution in [0.3, 0.4) is 0 Å². The van der Waals surface area contributed by atoms with Crippen LogP contribution in [0.5, 0.6) is 11.5 Å². The molecule has 12 nitrogen and oxygen atoms in total. The molecule has 2 N–H and O–H groups in total. The van der Waals surface area contributed by atoms with Crippen molar-refractivity contribution < 1.29 is 38.1 Å². The third kappa shape index (κ3) is 12.2. The van der Waals surface area contributed by atoms with Crippen molar-refractivity contribution in [3.05, 3.63) is 118 Å². The Morgan fingerprint density at radius 3 is 1.53 bits per heavy atom. The number of hydrogen-bond acceptors (Lipinski definition) is 8. The van der Waals surface area contributed by atoms with E-state index in [1.54, 1.807) is 33.5 Å². The maximum absolute atomic E-state index is 13.7. The molecule has 12 heteroatoms. The van der Waals surface area contributed by atoms with Gasteiger partial charge in [0, 0.05) is 62.2 Å². The molecule has 2 heterocycles. The average molecular weight is 847 g/mol. The molecule has 2 saturated heterocycles. The van der Waals surface area contributed by atoms with E-state index in [-0.39, 0.29) is 36.7 Å². The molecule has 4 amide bonds. The number of carbonyl (C=O) groups is 4. The van der Waals surface area contributed by atoms with Gasteiger partial charge >= 0.3 is 0 Å². The van der Waals surface area contributed by atoms with Gasteiger partial charge in [0.05, 0.1) is 27.4 Å². The van der Waals surface area contributed by atoms with Crippen LogP contribution in [0.2, 0.25) is 0 Å². The number of amides is 4. The van der Waals surface area contributed by atoms with Crippen molar-refractivity contribution in [2.45, 2.75) is 83.2 Å². The fraction of sp³-hybridized carbons (Fsp3) is 0.440. The molecule has 2 fully saturated rings. The first-order valence-electron chi connectivity index (χ1n) is 21.9. The number of hydrogen-bond donors (Lipinski definition) is 2. The second-order valence-electron chi connectivity index (χ2n) is 16.4. The Bertz CT molecular complexity index is 2120. The summed E-state index contributed by atoms with van der Waals surface area (Å²) in [5.41, 5.74) is 6.45. The molecule has 0 saturated carbocycles. The van der Waals surface area contributed by atoms with Crippen LogP contribution >= 0.6 is 0 Å². The Morgan fingerprint density at radius 2 is 1.08 bits per heavy atom. The first-order chi connectivity index (χ1) is 30.1. The number of ether oxygens (including phenoxy) is 4. The molecule has 0 spiro atoms. The monoisotopic (exact) mass is 846 g/mol. The Balaban J connectivity index is 0.973. The second-order valence-corrected chi connectivity index (χ2v) is 16.4. The van der Waals surface area contributed by atoms with Gasteiger partial charge in [-0.15, -0.1) is 0 Å². The number of methoxy groups -OCH3 is 3. The summed E-state index contributed by atoms with van der Waals surface area (Å²) >= 11 is 0. The smallest absolute Gasteiger partial charge is 0.253 e. The predicted molar refractivity (Wildman–Crippen MR) is 241 cm³/mol. The Kier molecular flexibility index (Phi) is 16.5. The minimum Gasteiger partial charge on any atom is -0.497 e. The fourth-order valence-corrected chi connectivity index (χ4v) is 8.33. The standard InChI is InChI=1S/C50H62N4O8/c1-34-10-12-40(49(57)53-26-22-38(23-27-53)36-14-18-42(60-4)19-15-36)32-44(34)51-47(55)9-7-6-8-46(62-31-30-59-3)48(56)52-45-33-41(13-11-35(45)2)50(58)54-28-24-39(25-29-54)37-16-20-43(61-5)21-17-37/h10-21,32-33,38-39,46H,6-9,22-31H2,1-5H3,(H,51,55)(H,52,56). The lowest BCUT2D eigenvalue weighted by atomic mass is 9.89. The maximum Gasteiger partial charge on any atom is 0.253 e. The summed E-state index contributed by atoms with van der Waals surface area (Å²) in [6, 6.07) is 27.2. The highest BCUT2D eigenvalue weighted by Gasteiger charge is 2.27. The molecular formula is C50H62N4O8. The van der Waals surface area contributed by atoms with Gasteiger partial charge in [0.1, 0.15) is 17.6 Å². The highest BCUT2D eigenvalue weighted by molar-refractivity contribution is 5.99. The number of benzene rings is 4. The van der Waals surface area contributed by atoms with Gasteiger partial charge in [-0.1, -0.05) is 36.4 Å². The molecule has 1 unspecified atom stereocenters. The lowest BCUT2D eigenvalue weighted by Crippen LogP contribution is -2.38. The minimum absolute atomic E-state index is 0.0404. The number of nitrogens with one attached hydrogen (secondary N) is 2. The molecule has 4 aromatic rings. The second kappa shape index (κ2) is 22.4. The van der Waals surface area contributed by atoms with Gasteiger partial charge < -0.3 is 39.4 Å². The number of aryl methyl sites for hydroxylation is 2. The topological polar surface area (TPSA) is 136 Å². The van der Waals surface area contributed by atoms with Gasteiger partial charge in [-0.3, -0.25) is 19.2 Å². The molecule has 2 aliphatic heterocycles. The number of unbranched alkanes of at least 4 members (excludes halogenated alkanes) is 1. The van der Waals surface area contributed by atoms with Gasteiger partial charge in [0.25, 0.3) is 17.7 Å². The molecule has 330 valence electrons. The Morgan fingerprint density at radius 1 is 0.613 bits per heavy atom. The van der Waals surface area contributed by atoms with Gasteiger partial charge in [-0.25, -0.2) is 0 Å². The molecule has 6 rings (SSSR count). The zero-order chi connectivity index (χ0) is 44.0. The summed E-state index contributed by atoms with van der Waals surface area (Å²) in [6.07, 6.45) is 4.45. The van der Waals surface area contributed by atoms with Crippen LogP contribution in [0.1, 0.15) is 106 Å². The van der Waals surface area contributed by atoms with E-state index in [9.17, 15) is 19.2 Å². The van der Waals surface area contributed by atoms with Crippen LogP contribution in [0.15, 0.2) is 84.9 Å². The van der Waals surface area contributed by atoms with Gasteiger partial charge in [-0.2, -0.15) is 0 Å². The van der Waals surface area contributed by atoms with Crippen LogP contribution in [0.4, 0.5) is 11.4 Å². The summed E-state index contributed by atoms with van der Waals surface area (Å²) in [4.78, 5) is 57.8. The van der Waals surface area contributed by atoms with Crippen molar-refractivity contribution >= 4 is 35.0 Å². The zero-order valence-electron chi connectivity index (χ0n) is 36.9. The molecule has 62 heavy (non-hydrogen) atoms. The molecule has 1 atom stereocenters. The Hall–Kier alpha value is -5.72. The van der Waals surface area contributed by atoms with E-state index in [1.165, 1.54) is 11.1 Å². The third-order valence-corrected chi connectivity index (χ3v) is 12.3. The number of nitrogens with zero attached hydrogens (tertiary/aromatic N) is 2. The van der Waals surface area contributed by atoms with Crippen molar-refractivity contribution in [2.24, 2.45) is 0 Å². The first-order valence-corrected chi connectivity index (χ1v) is 21.9. The molecule has 0 radical (unpaired) electrons. The molecule has 4 aromatic carbocycles. The number of piperidine rings is 2. The van der Waals surface area contributed by atoms with E-state index in [4.69, 9.17) is 18.9 Å². The SMILES string of the molecule is COCCOC(CCCCC(=O)Nc1cc(C(=O)N2CCC(c3ccc(OC)cc3)CC2)ccc1C)C(=O)Nc1cc(C(=O)N2CCC(c3ccc(OC)cc3)CC2)ccc1C. The lowest BCUT2D eigenvalue weighted by Gasteiger charge is -2.32. The molecule has 0 aliphatic carbocycles. The van der Waals surface area contributed by atoms with Crippen molar-refractivity contribution in [3.63, 3.8) is 0 Å². The first kappa shape index (κ1) is 45.8. The highest BCUT2D eigenvalue weighted by Crippen LogP contribution is 2.32. The van der Waals surface area contributed by atoms with Crippen LogP contribution in [-0.2, 0) is 19.1 Å². The van der Waals surface area contributed by atoms with Crippen molar-refractivity contribution in [2.75, 3.05) is 71.4 Å². The molecule has 0 bridgehead atoms. The highest BCUT2D eigenvalue weighted by atomic mass is 16.5. The van der Waals surface area contributed by atoms with Crippen molar-refractivity contribution in [1.29, 1.82) is 0 Å². The maximum atomic E-state index is 13.7. The minimum atomic E-state index is -0.782. The van der Waals surface area contributed by atoms with E-state index < -0.39 is 6.10 Å². The molecule has 2 aliphatic rings. The third-order valence-electron chi connectivity index (χ3n) is 12.3. The molecule has 0 aromatic heterocycles. The summed E-state index contributed by atoms with van der Waals surface area (Å²) in [7, 11) is 4.89. The number of anilines is 2. The van der Waals surface area contributed by atoms with E-state index in [0.29, 0.717) is 86.4 Å². The van der Waals surface area contributed by atoms with Crippen LogP contribution in [0.25, 0.3) is 0 Å². The summed E-state index contributed by atoms with van der Waals surface area (Å²) in [5, 5.41) is 6.02.